The predicted molar refractivity (Wildman–Crippen MR) is 101 cm³/mol. The molecule has 2 heterocycles. The Morgan fingerprint density at radius 3 is 2.44 bits per heavy atom. The van der Waals surface area contributed by atoms with E-state index in [2.05, 4.69) is 4.72 Å². The van der Waals surface area contributed by atoms with Crippen LogP contribution in [-0.4, -0.2) is 45.7 Å². The van der Waals surface area contributed by atoms with Crippen LogP contribution in [0.5, 0.6) is 0 Å². The lowest BCUT2D eigenvalue weighted by atomic mass is 10.1. The Hall–Kier alpha value is -1.85. The first-order valence-corrected chi connectivity index (χ1v) is 11.0. The molecule has 2 aromatic rings. The Morgan fingerprint density at radius 2 is 1.89 bits per heavy atom. The number of morpholine rings is 1. The van der Waals surface area contributed by atoms with Gasteiger partial charge in [0.15, 0.2) is 0 Å². The van der Waals surface area contributed by atoms with Gasteiger partial charge in [0.25, 0.3) is 5.69 Å². The van der Waals surface area contributed by atoms with Crippen LogP contribution in [0.1, 0.15) is 17.8 Å². The standard InChI is InChI=1S/C17H21N3O5S2/c1-13(17(16-3-2-12-26-16)19-8-10-25-11-9-19)18-27(23,24)15-6-4-14(5-7-15)20(21)22/h2-7,12-13,17-18H,8-11H2,1H3/p+1/t13-,17-/m0/s1. The fraction of sp³-hybridized carbons (Fsp3) is 0.412. The van der Waals surface area contributed by atoms with Crippen molar-refractivity contribution in [3.63, 3.8) is 0 Å². The van der Waals surface area contributed by atoms with E-state index in [4.69, 9.17) is 4.74 Å². The summed E-state index contributed by atoms with van der Waals surface area (Å²) in [6.45, 7) is 4.78. The second-order valence-electron chi connectivity index (χ2n) is 6.42. The summed E-state index contributed by atoms with van der Waals surface area (Å²) in [5.74, 6) is 0. The van der Waals surface area contributed by atoms with Crippen LogP contribution in [0.25, 0.3) is 0 Å². The first-order chi connectivity index (χ1) is 12.9. The summed E-state index contributed by atoms with van der Waals surface area (Å²) in [4.78, 5) is 12.6. The smallest absolute Gasteiger partial charge is 0.269 e. The molecule has 0 bridgehead atoms. The minimum absolute atomic E-state index is 0.0156. The zero-order valence-electron chi connectivity index (χ0n) is 14.8. The van der Waals surface area contributed by atoms with E-state index in [0.717, 1.165) is 18.0 Å². The summed E-state index contributed by atoms with van der Waals surface area (Å²) in [6, 6.07) is 8.52. The van der Waals surface area contributed by atoms with Crippen LogP contribution >= 0.6 is 11.3 Å². The molecule has 1 aromatic heterocycles. The van der Waals surface area contributed by atoms with Gasteiger partial charge in [0.1, 0.15) is 19.1 Å². The SMILES string of the molecule is C[C@H](NS(=O)(=O)c1ccc([N+](=O)[O-])cc1)[C@@H](c1cccs1)[NH+]1CCOCC1. The Balaban J connectivity index is 1.81. The van der Waals surface area contributed by atoms with Gasteiger partial charge in [0.2, 0.25) is 10.0 Å². The molecule has 0 unspecified atom stereocenters. The highest BCUT2D eigenvalue weighted by molar-refractivity contribution is 7.89. The van der Waals surface area contributed by atoms with Gasteiger partial charge in [-0.05, 0) is 30.5 Å². The average Bonchev–Trinajstić information content (AvgIpc) is 3.16. The average molecular weight is 413 g/mol. The zero-order valence-corrected chi connectivity index (χ0v) is 16.5. The lowest BCUT2D eigenvalue weighted by Gasteiger charge is -2.34. The maximum absolute atomic E-state index is 12.8. The van der Waals surface area contributed by atoms with Crippen molar-refractivity contribution in [3.8, 4) is 0 Å². The van der Waals surface area contributed by atoms with Crippen molar-refractivity contribution in [2.75, 3.05) is 26.3 Å². The van der Waals surface area contributed by atoms with Gasteiger partial charge < -0.3 is 9.64 Å². The van der Waals surface area contributed by atoms with Crippen molar-refractivity contribution in [3.05, 3.63) is 56.8 Å². The third-order valence-electron chi connectivity index (χ3n) is 4.62. The number of nitrogens with one attached hydrogen (secondary N) is 2. The molecule has 3 rings (SSSR count). The highest BCUT2D eigenvalue weighted by atomic mass is 32.2. The largest absolute Gasteiger partial charge is 0.370 e. The second kappa shape index (κ2) is 8.44. The third-order valence-corrected chi connectivity index (χ3v) is 7.15. The second-order valence-corrected chi connectivity index (χ2v) is 9.12. The minimum atomic E-state index is -3.79. The van der Waals surface area contributed by atoms with Crippen molar-refractivity contribution < 1.29 is 23.0 Å². The van der Waals surface area contributed by atoms with E-state index < -0.39 is 14.9 Å². The number of rotatable bonds is 7. The Bertz CT molecular complexity index is 862. The highest BCUT2D eigenvalue weighted by Gasteiger charge is 2.34. The number of ether oxygens (including phenoxy) is 1. The number of benzene rings is 1. The highest BCUT2D eigenvalue weighted by Crippen LogP contribution is 2.22. The van der Waals surface area contributed by atoms with Crippen molar-refractivity contribution >= 4 is 27.0 Å². The maximum atomic E-state index is 12.8. The number of thiophene rings is 1. The lowest BCUT2D eigenvalue weighted by Crippen LogP contribution is -3.15. The molecule has 1 aliphatic heterocycles. The monoisotopic (exact) mass is 412 g/mol. The van der Waals surface area contributed by atoms with E-state index in [-0.39, 0.29) is 22.7 Å². The number of non-ortho nitro benzene ring substituents is 1. The van der Waals surface area contributed by atoms with E-state index in [1.807, 2.05) is 24.4 Å². The van der Waals surface area contributed by atoms with Gasteiger partial charge in [0.05, 0.1) is 34.0 Å². The molecule has 1 aliphatic rings. The molecule has 27 heavy (non-hydrogen) atoms. The molecule has 2 N–H and O–H groups in total. The van der Waals surface area contributed by atoms with E-state index in [0.29, 0.717) is 13.2 Å². The van der Waals surface area contributed by atoms with Crippen molar-refractivity contribution in [2.24, 2.45) is 0 Å². The van der Waals surface area contributed by atoms with Crippen LogP contribution in [-0.2, 0) is 14.8 Å². The molecule has 0 radical (unpaired) electrons. The molecule has 10 heteroatoms. The van der Waals surface area contributed by atoms with Gasteiger partial charge in [-0.25, -0.2) is 13.1 Å². The predicted octanol–water partition coefficient (Wildman–Crippen LogP) is 0.979. The quantitative estimate of drug-likeness (QED) is 0.521. The molecule has 146 valence electrons. The molecule has 1 fully saturated rings. The molecule has 1 aromatic carbocycles. The number of hydrogen-bond acceptors (Lipinski definition) is 6. The number of hydrogen-bond donors (Lipinski definition) is 2. The first-order valence-electron chi connectivity index (χ1n) is 8.61. The van der Waals surface area contributed by atoms with Crippen LogP contribution < -0.4 is 9.62 Å². The normalized spacial score (nSPS) is 18.1. The van der Waals surface area contributed by atoms with E-state index in [9.17, 15) is 18.5 Å². The van der Waals surface area contributed by atoms with Gasteiger partial charge >= 0.3 is 0 Å². The topological polar surface area (TPSA) is 103 Å². The molecule has 0 aliphatic carbocycles. The van der Waals surface area contributed by atoms with E-state index in [1.165, 1.54) is 29.2 Å². The maximum Gasteiger partial charge on any atom is 0.269 e. The molecule has 8 nitrogen and oxygen atoms in total. The van der Waals surface area contributed by atoms with E-state index in [1.54, 1.807) is 11.3 Å². The Labute approximate surface area is 162 Å². The summed E-state index contributed by atoms with van der Waals surface area (Å²) in [5.41, 5.74) is -0.142. The van der Waals surface area contributed by atoms with Gasteiger partial charge in [-0.15, -0.1) is 11.3 Å². The van der Waals surface area contributed by atoms with Gasteiger partial charge in [-0.3, -0.25) is 10.1 Å². The summed E-state index contributed by atoms with van der Waals surface area (Å²) in [7, 11) is -3.79. The summed E-state index contributed by atoms with van der Waals surface area (Å²) < 4.78 is 33.7. The van der Waals surface area contributed by atoms with Crippen LogP contribution in [0, 0.1) is 10.1 Å². The Morgan fingerprint density at radius 1 is 1.22 bits per heavy atom. The summed E-state index contributed by atoms with van der Waals surface area (Å²) in [5, 5.41) is 12.7. The molecule has 0 amide bonds. The van der Waals surface area contributed by atoms with Gasteiger partial charge in [-0.2, -0.15) is 0 Å². The Kier molecular flexibility index (Phi) is 6.22. The molecule has 0 spiro atoms. The van der Waals surface area contributed by atoms with Crippen LogP contribution in [0.3, 0.4) is 0 Å². The van der Waals surface area contributed by atoms with Crippen LogP contribution in [0.15, 0.2) is 46.7 Å². The first kappa shape index (κ1) is 19.9. The number of nitro groups is 1. The minimum Gasteiger partial charge on any atom is -0.370 e. The van der Waals surface area contributed by atoms with Crippen molar-refractivity contribution in [1.82, 2.24) is 4.72 Å². The van der Waals surface area contributed by atoms with Gasteiger partial charge in [0, 0.05) is 12.1 Å². The van der Waals surface area contributed by atoms with Crippen molar-refractivity contribution in [2.45, 2.75) is 23.9 Å². The third kappa shape index (κ3) is 4.71. The summed E-state index contributed by atoms with van der Waals surface area (Å²) >= 11 is 1.61. The molecule has 1 saturated heterocycles. The molecular weight excluding hydrogens is 390 g/mol. The molecule has 2 atom stereocenters. The van der Waals surface area contributed by atoms with Crippen LogP contribution in [0.2, 0.25) is 0 Å². The lowest BCUT2D eigenvalue weighted by molar-refractivity contribution is -0.939. The van der Waals surface area contributed by atoms with Crippen molar-refractivity contribution in [1.29, 1.82) is 0 Å². The zero-order chi connectivity index (χ0) is 19.4. The number of sulfonamides is 1. The fourth-order valence-electron chi connectivity index (χ4n) is 3.34. The number of quaternary nitrogens is 1. The number of nitrogens with zero attached hydrogens (tertiary/aromatic N) is 1. The number of nitro benzene ring substituents is 1. The molecular formula is C17H22N3O5S2+. The molecule has 0 saturated carbocycles. The van der Waals surface area contributed by atoms with Gasteiger partial charge in [-0.1, -0.05) is 6.07 Å². The van der Waals surface area contributed by atoms with Crippen LogP contribution in [0.4, 0.5) is 5.69 Å². The summed E-state index contributed by atoms with van der Waals surface area (Å²) in [6.07, 6.45) is 0. The van der Waals surface area contributed by atoms with E-state index >= 15 is 0 Å². The fourth-order valence-corrected chi connectivity index (χ4v) is 5.59.